The third-order valence-electron chi connectivity index (χ3n) is 5.20. The number of carbonyl (C=O) groups excluding carboxylic acids is 1. The Balaban J connectivity index is 1.47. The van der Waals surface area contributed by atoms with Crippen LogP contribution in [0.5, 0.6) is 0 Å². The standard InChI is InChI=1S/C17H27N5O/c1-22(15-6-8-18-9-7-15)17(23)13-2-4-14(5-3-13)21-16-12-19-10-11-20-16/h10-15,18H,2-9H2,1H3,(H,20,21). The van der Waals surface area contributed by atoms with Crippen molar-refractivity contribution in [1.82, 2.24) is 20.2 Å². The molecule has 1 aliphatic heterocycles. The molecule has 3 rings (SSSR count). The molecule has 6 nitrogen and oxygen atoms in total. The Morgan fingerprint density at radius 2 is 1.91 bits per heavy atom. The van der Waals surface area contributed by atoms with E-state index in [9.17, 15) is 4.79 Å². The third-order valence-corrected chi connectivity index (χ3v) is 5.20. The van der Waals surface area contributed by atoms with Gasteiger partial charge in [-0.2, -0.15) is 0 Å². The van der Waals surface area contributed by atoms with Crippen LogP contribution in [0.15, 0.2) is 18.6 Å². The van der Waals surface area contributed by atoms with Crippen LogP contribution in [0.3, 0.4) is 0 Å². The van der Waals surface area contributed by atoms with Gasteiger partial charge in [0.2, 0.25) is 5.91 Å². The molecule has 23 heavy (non-hydrogen) atoms. The predicted octanol–water partition coefficient (Wildman–Crippen LogP) is 1.66. The molecule has 1 saturated carbocycles. The molecule has 0 bridgehead atoms. The molecule has 126 valence electrons. The number of hydrogen-bond donors (Lipinski definition) is 2. The molecule has 1 aromatic rings. The summed E-state index contributed by atoms with van der Waals surface area (Å²) in [6.07, 6.45) is 11.3. The molecule has 1 aliphatic carbocycles. The van der Waals surface area contributed by atoms with Crippen LogP contribution in [0.25, 0.3) is 0 Å². The zero-order valence-electron chi connectivity index (χ0n) is 13.9. The number of nitrogens with one attached hydrogen (secondary N) is 2. The van der Waals surface area contributed by atoms with Crippen molar-refractivity contribution in [3.05, 3.63) is 18.6 Å². The third kappa shape index (κ3) is 4.19. The zero-order valence-corrected chi connectivity index (χ0v) is 13.9. The number of rotatable bonds is 4. The number of piperidine rings is 1. The second-order valence-corrected chi connectivity index (χ2v) is 6.71. The molecule has 2 N–H and O–H groups in total. The molecule has 0 spiro atoms. The quantitative estimate of drug-likeness (QED) is 0.884. The maximum atomic E-state index is 12.7. The highest BCUT2D eigenvalue weighted by atomic mass is 16.2. The van der Waals surface area contributed by atoms with Gasteiger partial charge in [-0.15, -0.1) is 0 Å². The molecular formula is C17H27N5O. The lowest BCUT2D eigenvalue weighted by Gasteiger charge is -2.36. The lowest BCUT2D eigenvalue weighted by atomic mass is 9.84. The lowest BCUT2D eigenvalue weighted by Crippen LogP contribution is -2.46. The topological polar surface area (TPSA) is 70.2 Å². The van der Waals surface area contributed by atoms with Gasteiger partial charge < -0.3 is 15.5 Å². The van der Waals surface area contributed by atoms with E-state index < -0.39 is 0 Å². The van der Waals surface area contributed by atoms with Crippen molar-refractivity contribution in [1.29, 1.82) is 0 Å². The first-order chi connectivity index (χ1) is 11.2. The van der Waals surface area contributed by atoms with Gasteiger partial charge in [0.05, 0.1) is 6.20 Å². The minimum absolute atomic E-state index is 0.190. The van der Waals surface area contributed by atoms with Crippen LogP contribution in [0, 0.1) is 5.92 Å². The van der Waals surface area contributed by atoms with Gasteiger partial charge in [-0.25, -0.2) is 4.98 Å². The van der Waals surface area contributed by atoms with Crippen molar-refractivity contribution in [2.45, 2.75) is 50.6 Å². The van der Waals surface area contributed by atoms with Crippen molar-refractivity contribution in [2.24, 2.45) is 5.92 Å². The fourth-order valence-corrected chi connectivity index (χ4v) is 3.73. The van der Waals surface area contributed by atoms with E-state index in [1.807, 2.05) is 11.9 Å². The average molecular weight is 317 g/mol. The van der Waals surface area contributed by atoms with Gasteiger partial charge in [0.25, 0.3) is 0 Å². The molecular weight excluding hydrogens is 290 g/mol. The number of carbonyl (C=O) groups is 1. The summed E-state index contributed by atoms with van der Waals surface area (Å²) in [6.45, 7) is 2.05. The van der Waals surface area contributed by atoms with E-state index in [-0.39, 0.29) is 5.92 Å². The molecule has 6 heteroatoms. The summed E-state index contributed by atoms with van der Waals surface area (Å²) in [5.41, 5.74) is 0. The molecule has 1 saturated heterocycles. The summed E-state index contributed by atoms with van der Waals surface area (Å²) < 4.78 is 0. The van der Waals surface area contributed by atoms with E-state index >= 15 is 0 Å². The number of amides is 1. The molecule has 0 radical (unpaired) electrons. The summed E-state index contributed by atoms with van der Waals surface area (Å²) in [4.78, 5) is 23.1. The number of nitrogens with zero attached hydrogens (tertiary/aromatic N) is 3. The summed E-state index contributed by atoms with van der Waals surface area (Å²) >= 11 is 0. The molecule has 1 amide bonds. The summed E-state index contributed by atoms with van der Waals surface area (Å²) in [5, 5.41) is 6.79. The second-order valence-electron chi connectivity index (χ2n) is 6.71. The van der Waals surface area contributed by atoms with Crippen LogP contribution in [-0.4, -0.2) is 53.0 Å². The van der Waals surface area contributed by atoms with E-state index in [1.54, 1.807) is 18.6 Å². The average Bonchev–Trinajstić information content (AvgIpc) is 2.63. The Morgan fingerprint density at radius 1 is 1.17 bits per heavy atom. The molecule has 2 aliphatic rings. The van der Waals surface area contributed by atoms with Gasteiger partial charge in [-0.05, 0) is 51.6 Å². The number of aromatic nitrogens is 2. The smallest absolute Gasteiger partial charge is 0.225 e. The Hall–Kier alpha value is -1.69. The summed E-state index contributed by atoms with van der Waals surface area (Å²) in [7, 11) is 1.99. The lowest BCUT2D eigenvalue weighted by molar-refractivity contribution is -0.137. The molecule has 2 heterocycles. The van der Waals surface area contributed by atoms with Crippen molar-refractivity contribution in [2.75, 3.05) is 25.5 Å². The van der Waals surface area contributed by atoms with Gasteiger partial charge >= 0.3 is 0 Å². The van der Waals surface area contributed by atoms with Crippen molar-refractivity contribution in [3.8, 4) is 0 Å². The minimum Gasteiger partial charge on any atom is -0.366 e. The van der Waals surface area contributed by atoms with Crippen molar-refractivity contribution >= 4 is 11.7 Å². The minimum atomic E-state index is 0.190. The monoisotopic (exact) mass is 317 g/mol. The SMILES string of the molecule is CN(C(=O)C1CCC(Nc2cnccn2)CC1)C1CCNCC1. The second kappa shape index (κ2) is 7.73. The first kappa shape index (κ1) is 16.2. The van der Waals surface area contributed by atoms with Crippen molar-refractivity contribution in [3.63, 3.8) is 0 Å². The van der Waals surface area contributed by atoms with Crippen molar-refractivity contribution < 1.29 is 4.79 Å². The van der Waals surface area contributed by atoms with E-state index in [2.05, 4.69) is 20.6 Å². The fraction of sp³-hybridized carbons (Fsp3) is 0.706. The van der Waals surface area contributed by atoms with E-state index in [1.165, 1.54) is 0 Å². The Labute approximate surface area is 138 Å². The largest absolute Gasteiger partial charge is 0.366 e. The Bertz CT molecular complexity index is 495. The number of anilines is 1. The highest BCUT2D eigenvalue weighted by Gasteiger charge is 2.31. The van der Waals surface area contributed by atoms with Crippen LogP contribution < -0.4 is 10.6 Å². The van der Waals surface area contributed by atoms with Crippen LogP contribution in [0.1, 0.15) is 38.5 Å². The fourth-order valence-electron chi connectivity index (χ4n) is 3.73. The van der Waals surface area contributed by atoms with E-state index in [4.69, 9.17) is 0 Å². The van der Waals surface area contributed by atoms with Gasteiger partial charge in [-0.1, -0.05) is 0 Å². The highest BCUT2D eigenvalue weighted by Crippen LogP contribution is 2.28. The molecule has 0 atom stereocenters. The highest BCUT2D eigenvalue weighted by molar-refractivity contribution is 5.79. The predicted molar refractivity (Wildman–Crippen MR) is 90.1 cm³/mol. The molecule has 2 fully saturated rings. The summed E-state index contributed by atoms with van der Waals surface area (Å²) in [5.74, 6) is 1.36. The normalized spacial score (nSPS) is 25.8. The first-order valence-electron chi connectivity index (χ1n) is 8.74. The Morgan fingerprint density at radius 3 is 2.57 bits per heavy atom. The van der Waals surface area contributed by atoms with E-state index in [0.717, 1.165) is 57.4 Å². The maximum absolute atomic E-state index is 12.7. The summed E-state index contributed by atoms with van der Waals surface area (Å²) in [6, 6.07) is 0.819. The number of hydrogen-bond acceptors (Lipinski definition) is 5. The molecule has 0 unspecified atom stereocenters. The van der Waals surface area contributed by atoms with Gasteiger partial charge in [-0.3, -0.25) is 9.78 Å². The van der Waals surface area contributed by atoms with Crippen LogP contribution >= 0.6 is 0 Å². The van der Waals surface area contributed by atoms with Crippen LogP contribution in [0.4, 0.5) is 5.82 Å². The first-order valence-corrected chi connectivity index (χ1v) is 8.74. The van der Waals surface area contributed by atoms with Gasteiger partial charge in [0.15, 0.2) is 0 Å². The zero-order chi connectivity index (χ0) is 16.1. The maximum Gasteiger partial charge on any atom is 0.225 e. The molecule has 1 aromatic heterocycles. The molecule has 0 aromatic carbocycles. The van der Waals surface area contributed by atoms with Gasteiger partial charge in [0.1, 0.15) is 5.82 Å². The van der Waals surface area contributed by atoms with Crippen LogP contribution in [0.2, 0.25) is 0 Å². The van der Waals surface area contributed by atoms with Crippen LogP contribution in [-0.2, 0) is 4.79 Å². The van der Waals surface area contributed by atoms with E-state index in [0.29, 0.717) is 18.0 Å². The van der Waals surface area contributed by atoms with Gasteiger partial charge in [0, 0.05) is 37.4 Å². The Kier molecular flexibility index (Phi) is 5.43.